The minimum Gasteiger partial charge on any atom is -0.465 e. The van der Waals surface area contributed by atoms with Crippen LogP contribution in [-0.4, -0.2) is 82.0 Å². The zero-order valence-electron chi connectivity index (χ0n) is 31.7. The average Bonchev–Trinajstić information content (AvgIpc) is 3.67. The Bertz CT molecular complexity index is 1550. The van der Waals surface area contributed by atoms with Gasteiger partial charge in [-0.3, -0.25) is 9.59 Å². The van der Waals surface area contributed by atoms with Gasteiger partial charge in [-0.25, -0.2) is 9.59 Å². The summed E-state index contributed by atoms with van der Waals surface area (Å²) in [5, 5.41) is 9.51. The summed E-state index contributed by atoms with van der Waals surface area (Å²) in [6.45, 7) is 18.1. The zero-order valence-corrected chi connectivity index (χ0v) is 31.7. The monoisotopic (exact) mass is 708 g/mol. The van der Waals surface area contributed by atoms with Gasteiger partial charge in [0.15, 0.2) is 0 Å². The van der Waals surface area contributed by atoms with Crippen molar-refractivity contribution >= 4 is 24.1 Å². The highest BCUT2D eigenvalue weighted by atomic mass is 16.6. The van der Waals surface area contributed by atoms with Gasteiger partial charge in [-0.15, -0.1) is 0 Å². The molecule has 280 valence electrons. The minimum absolute atomic E-state index is 0.103. The number of carbonyl (C=O) groups is 4. The summed E-state index contributed by atoms with van der Waals surface area (Å²) < 4.78 is 23.5. The van der Waals surface area contributed by atoms with Gasteiger partial charge in [-0.05, 0) is 135 Å². The molecule has 2 amide bonds. The van der Waals surface area contributed by atoms with Gasteiger partial charge in [-0.1, -0.05) is 24.3 Å². The van der Waals surface area contributed by atoms with E-state index in [1.165, 1.54) is 4.90 Å². The molecule has 0 radical (unpaired) electrons. The molecule has 2 heterocycles. The first-order valence-corrected chi connectivity index (χ1v) is 17.9. The van der Waals surface area contributed by atoms with Crippen LogP contribution in [-0.2, 0) is 36.6 Å². The lowest BCUT2D eigenvalue weighted by Crippen LogP contribution is -2.38. The smallest absolute Gasteiger partial charge is 0.410 e. The summed E-state index contributed by atoms with van der Waals surface area (Å²) in [5.74, 6) is -0.725. The Hall–Kier alpha value is -4.28. The second kappa shape index (κ2) is 15.9. The van der Waals surface area contributed by atoms with E-state index in [0.29, 0.717) is 56.8 Å². The van der Waals surface area contributed by atoms with Gasteiger partial charge in [-0.2, -0.15) is 0 Å². The second-order valence-electron chi connectivity index (χ2n) is 16.8. The normalized spacial score (nSPS) is 19.3. The molecule has 2 aromatic carbocycles. The number of carbonyl (C=O) groups excluding carboxylic acids is 3. The first-order valence-electron chi connectivity index (χ1n) is 17.9. The SMILES string of the molecule is CC(C)(C)OC(=O)[C@@H](Cc1cccc(Oc2cccc(C[C@H](C(=O)OC(C)(C)C)[C@H]3CCN(C(=O)OC(C)(C)C)C3)c2)c1)[C@H]1CCN(C(=O)O)C1. The van der Waals surface area contributed by atoms with Crippen LogP contribution in [0.4, 0.5) is 9.59 Å². The molecule has 11 heteroatoms. The molecule has 2 aliphatic rings. The van der Waals surface area contributed by atoms with Gasteiger partial charge in [0.25, 0.3) is 0 Å². The number of ether oxygens (including phenoxy) is 4. The summed E-state index contributed by atoms with van der Waals surface area (Å²) in [6.07, 6.45) is 0.666. The summed E-state index contributed by atoms with van der Waals surface area (Å²) >= 11 is 0. The Morgan fingerprint density at radius 3 is 1.47 bits per heavy atom. The van der Waals surface area contributed by atoms with Crippen LogP contribution in [0, 0.1) is 23.7 Å². The first-order chi connectivity index (χ1) is 23.7. The van der Waals surface area contributed by atoms with Crippen LogP contribution in [0.3, 0.4) is 0 Å². The van der Waals surface area contributed by atoms with Gasteiger partial charge in [0, 0.05) is 26.2 Å². The van der Waals surface area contributed by atoms with Crippen molar-refractivity contribution in [2.75, 3.05) is 26.2 Å². The Morgan fingerprint density at radius 1 is 0.667 bits per heavy atom. The second-order valence-corrected chi connectivity index (χ2v) is 16.8. The average molecular weight is 709 g/mol. The molecule has 0 bridgehead atoms. The van der Waals surface area contributed by atoms with Crippen molar-refractivity contribution in [3.8, 4) is 11.5 Å². The Labute approximate surface area is 302 Å². The van der Waals surface area contributed by atoms with E-state index in [0.717, 1.165) is 11.1 Å². The fraction of sp³-hybridized carbons (Fsp3) is 0.600. The molecule has 1 N–H and O–H groups in total. The third-order valence-electron chi connectivity index (χ3n) is 8.87. The van der Waals surface area contributed by atoms with Gasteiger partial charge in [0.05, 0.1) is 11.8 Å². The van der Waals surface area contributed by atoms with Crippen LogP contribution >= 0.6 is 0 Å². The molecule has 0 aromatic heterocycles. The lowest BCUT2D eigenvalue weighted by atomic mass is 9.86. The Kier molecular flexibility index (Phi) is 12.4. The van der Waals surface area contributed by atoms with Crippen LogP contribution in [0.25, 0.3) is 0 Å². The molecular formula is C40H56N2O9. The van der Waals surface area contributed by atoms with Crippen LogP contribution < -0.4 is 4.74 Å². The summed E-state index contributed by atoms with van der Waals surface area (Å²) in [4.78, 5) is 54.4. The number of hydrogen-bond acceptors (Lipinski definition) is 8. The van der Waals surface area contributed by atoms with Crippen LogP contribution in [0.1, 0.15) is 86.3 Å². The molecule has 0 spiro atoms. The molecule has 11 nitrogen and oxygen atoms in total. The number of likely N-dealkylation sites (tertiary alicyclic amines) is 2. The molecule has 4 rings (SSSR count). The van der Waals surface area contributed by atoms with E-state index < -0.39 is 34.7 Å². The number of nitrogens with zero attached hydrogens (tertiary/aromatic N) is 2. The summed E-state index contributed by atoms with van der Waals surface area (Å²) in [6, 6.07) is 15.1. The molecule has 2 saturated heterocycles. The molecular weight excluding hydrogens is 652 g/mol. The van der Waals surface area contributed by atoms with E-state index in [2.05, 4.69) is 0 Å². The maximum absolute atomic E-state index is 13.6. The third kappa shape index (κ3) is 12.2. The topological polar surface area (TPSA) is 132 Å². The highest BCUT2D eigenvalue weighted by Gasteiger charge is 2.40. The highest BCUT2D eigenvalue weighted by Crippen LogP contribution is 2.34. The Morgan fingerprint density at radius 2 is 1.08 bits per heavy atom. The summed E-state index contributed by atoms with van der Waals surface area (Å²) in [5.41, 5.74) is -0.184. The Balaban J connectivity index is 1.50. The number of esters is 2. The van der Waals surface area contributed by atoms with E-state index in [4.69, 9.17) is 18.9 Å². The highest BCUT2D eigenvalue weighted by molar-refractivity contribution is 5.75. The van der Waals surface area contributed by atoms with Crippen molar-refractivity contribution in [2.45, 2.75) is 105 Å². The quantitative estimate of drug-likeness (QED) is 0.195. The van der Waals surface area contributed by atoms with Crippen LogP contribution in [0.15, 0.2) is 48.5 Å². The number of rotatable bonds is 10. The first kappa shape index (κ1) is 39.5. The largest absolute Gasteiger partial charge is 0.465 e. The molecule has 2 aliphatic heterocycles. The van der Waals surface area contributed by atoms with Crippen LogP contribution in [0.5, 0.6) is 11.5 Å². The maximum Gasteiger partial charge on any atom is 0.410 e. The minimum atomic E-state index is -0.985. The maximum atomic E-state index is 13.6. The molecule has 2 fully saturated rings. The zero-order chi connectivity index (χ0) is 37.7. The van der Waals surface area contributed by atoms with E-state index in [9.17, 15) is 24.3 Å². The predicted molar refractivity (Wildman–Crippen MR) is 193 cm³/mol. The van der Waals surface area contributed by atoms with Gasteiger partial charge in [0.2, 0.25) is 0 Å². The third-order valence-corrected chi connectivity index (χ3v) is 8.87. The van der Waals surface area contributed by atoms with E-state index in [1.54, 1.807) is 4.90 Å². The van der Waals surface area contributed by atoms with Crippen molar-refractivity contribution < 1.29 is 43.2 Å². The van der Waals surface area contributed by atoms with Crippen molar-refractivity contribution in [1.29, 1.82) is 0 Å². The van der Waals surface area contributed by atoms with E-state index in [-0.39, 0.29) is 36.4 Å². The number of amides is 2. The van der Waals surface area contributed by atoms with Crippen molar-refractivity contribution in [3.05, 3.63) is 59.7 Å². The lowest BCUT2D eigenvalue weighted by Gasteiger charge is -2.28. The lowest BCUT2D eigenvalue weighted by molar-refractivity contribution is -0.163. The van der Waals surface area contributed by atoms with Crippen molar-refractivity contribution in [2.24, 2.45) is 23.7 Å². The predicted octanol–water partition coefficient (Wildman–Crippen LogP) is 7.74. The molecule has 0 aliphatic carbocycles. The fourth-order valence-corrected chi connectivity index (χ4v) is 6.65. The van der Waals surface area contributed by atoms with Gasteiger partial charge < -0.3 is 33.9 Å². The van der Waals surface area contributed by atoms with Crippen molar-refractivity contribution in [1.82, 2.24) is 9.80 Å². The molecule has 0 saturated carbocycles. The number of benzene rings is 2. The molecule has 2 aromatic rings. The molecule has 51 heavy (non-hydrogen) atoms. The molecule has 4 atom stereocenters. The number of hydrogen-bond donors (Lipinski definition) is 1. The standard InChI is InChI=1S/C40H56N2O9/c1-38(2,3)49-34(43)32(28-16-18-41(24-28)36(45)46)22-26-12-10-14-30(20-26)48-31-15-11-13-27(21-31)23-33(35(44)50-39(4,5)6)29-17-19-42(25-29)37(47)51-40(7,8)9/h10-15,20-21,28-29,32-33H,16-19,22-25H2,1-9H3,(H,45,46)/t28-,29-,32-,33-/m0/s1. The number of carboxylic acid groups (broad SMARTS) is 1. The van der Waals surface area contributed by atoms with E-state index in [1.807, 2.05) is 111 Å². The van der Waals surface area contributed by atoms with E-state index >= 15 is 0 Å². The van der Waals surface area contributed by atoms with Gasteiger partial charge >= 0.3 is 24.1 Å². The molecule has 0 unspecified atom stereocenters. The van der Waals surface area contributed by atoms with Crippen molar-refractivity contribution in [3.63, 3.8) is 0 Å². The van der Waals surface area contributed by atoms with Gasteiger partial charge in [0.1, 0.15) is 28.3 Å². The summed E-state index contributed by atoms with van der Waals surface area (Å²) in [7, 11) is 0. The fourth-order valence-electron chi connectivity index (χ4n) is 6.65. The van der Waals surface area contributed by atoms with Crippen LogP contribution in [0.2, 0.25) is 0 Å².